The van der Waals surface area contributed by atoms with Crippen molar-refractivity contribution in [3.8, 4) is 11.5 Å². The van der Waals surface area contributed by atoms with Crippen molar-refractivity contribution in [1.82, 2.24) is 10.2 Å². The second-order valence-corrected chi connectivity index (χ2v) is 6.76. The predicted molar refractivity (Wildman–Crippen MR) is 108 cm³/mol. The van der Waals surface area contributed by atoms with Gasteiger partial charge in [-0.25, -0.2) is 4.39 Å². The van der Waals surface area contributed by atoms with Crippen molar-refractivity contribution < 1.29 is 8.81 Å². The SMILES string of the molecule is Cc1c(Cl)cccc1N[C@H](c1ccc(F)cc1)c1nnc(-c2ccccc2)o1. The zero-order valence-electron chi connectivity index (χ0n) is 15.1. The Bertz CT molecular complexity index is 1080. The monoisotopic (exact) mass is 393 g/mol. The molecule has 1 atom stereocenters. The summed E-state index contributed by atoms with van der Waals surface area (Å²) in [6, 6.07) is 20.9. The standard InChI is InChI=1S/C22H17ClFN3O/c1-14-18(23)8-5-9-19(14)25-20(15-10-12-17(24)13-11-15)22-27-26-21(28-22)16-6-3-2-4-7-16/h2-13,20,25H,1H3/t20-/m1/s1. The third-order valence-electron chi connectivity index (χ3n) is 4.48. The average molecular weight is 394 g/mol. The van der Waals surface area contributed by atoms with Crippen molar-refractivity contribution in [2.24, 2.45) is 0 Å². The highest BCUT2D eigenvalue weighted by molar-refractivity contribution is 6.31. The number of halogens is 2. The fourth-order valence-corrected chi connectivity index (χ4v) is 3.09. The Morgan fingerprint density at radius 3 is 2.43 bits per heavy atom. The lowest BCUT2D eigenvalue weighted by Crippen LogP contribution is -2.14. The van der Waals surface area contributed by atoms with Crippen LogP contribution in [0.3, 0.4) is 0 Å². The summed E-state index contributed by atoms with van der Waals surface area (Å²) in [5.41, 5.74) is 3.36. The summed E-state index contributed by atoms with van der Waals surface area (Å²) in [5, 5.41) is 12.5. The second kappa shape index (κ2) is 7.82. The maximum absolute atomic E-state index is 13.4. The van der Waals surface area contributed by atoms with Gasteiger partial charge in [-0.15, -0.1) is 10.2 Å². The Labute approximate surface area is 167 Å². The van der Waals surface area contributed by atoms with E-state index in [-0.39, 0.29) is 5.82 Å². The third-order valence-corrected chi connectivity index (χ3v) is 4.89. The number of aromatic nitrogens is 2. The molecule has 28 heavy (non-hydrogen) atoms. The molecule has 0 aliphatic rings. The fourth-order valence-electron chi connectivity index (χ4n) is 2.91. The van der Waals surface area contributed by atoms with Gasteiger partial charge in [0, 0.05) is 16.3 Å². The van der Waals surface area contributed by atoms with E-state index < -0.39 is 6.04 Å². The minimum absolute atomic E-state index is 0.308. The van der Waals surface area contributed by atoms with Gasteiger partial charge in [0.15, 0.2) is 0 Å². The van der Waals surface area contributed by atoms with Gasteiger partial charge in [0.25, 0.3) is 0 Å². The molecule has 0 aliphatic heterocycles. The van der Waals surface area contributed by atoms with E-state index in [0.717, 1.165) is 22.4 Å². The molecule has 0 radical (unpaired) electrons. The van der Waals surface area contributed by atoms with Gasteiger partial charge in [-0.1, -0.05) is 48.0 Å². The van der Waals surface area contributed by atoms with Crippen LogP contribution in [0.5, 0.6) is 0 Å². The Balaban J connectivity index is 1.74. The lowest BCUT2D eigenvalue weighted by molar-refractivity contribution is 0.493. The first kappa shape index (κ1) is 18.2. The molecule has 6 heteroatoms. The molecule has 0 saturated heterocycles. The number of benzene rings is 3. The quantitative estimate of drug-likeness (QED) is 0.449. The van der Waals surface area contributed by atoms with Crippen molar-refractivity contribution in [2.45, 2.75) is 13.0 Å². The van der Waals surface area contributed by atoms with E-state index in [9.17, 15) is 4.39 Å². The molecule has 0 aliphatic carbocycles. The lowest BCUT2D eigenvalue weighted by atomic mass is 10.1. The van der Waals surface area contributed by atoms with E-state index in [0.29, 0.717) is 16.8 Å². The summed E-state index contributed by atoms with van der Waals surface area (Å²) in [6.45, 7) is 1.93. The largest absolute Gasteiger partial charge is 0.418 e. The van der Waals surface area contributed by atoms with Gasteiger partial charge in [-0.3, -0.25) is 0 Å². The molecule has 4 aromatic rings. The van der Waals surface area contributed by atoms with E-state index in [1.807, 2.05) is 55.5 Å². The maximum Gasteiger partial charge on any atom is 0.247 e. The summed E-state index contributed by atoms with van der Waals surface area (Å²) in [5.74, 6) is 0.495. The molecule has 0 unspecified atom stereocenters. The Hall–Kier alpha value is -3.18. The number of hydrogen-bond acceptors (Lipinski definition) is 4. The zero-order valence-corrected chi connectivity index (χ0v) is 15.8. The normalized spacial score (nSPS) is 12.0. The summed E-state index contributed by atoms with van der Waals surface area (Å²) in [4.78, 5) is 0. The minimum Gasteiger partial charge on any atom is -0.418 e. The van der Waals surface area contributed by atoms with Gasteiger partial charge in [0.1, 0.15) is 11.9 Å². The molecule has 0 bridgehead atoms. The fraction of sp³-hybridized carbons (Fsp3) is 0.0909. The zero-order chi connectivity index (χ0) is 19.5. The summed E-state index contributed by atoms with van der Waals surface area (Å²) >= 11 is 6.25. The van der Waals surface area contributed by atoms with Crippen LogP contribution < -0.4 is 5.32 Å². The highest BCUT2D eigenvalue weighted by Gasteiger charge is 2.22. The van der Waals surface area contributed by atoms with Crippen molar-refractivity contribution in [3.05, 3.63) is 101 Å². The first-order valence-electron chi connectivity index (χ1n) is 8.78. The number of nitrogens with zero attached hydrogens (tertiary/aromatic N) is 2. The van der Waals surface area contributed by atoms with Crippen molar-refractivity contribution >= 4 is 17.3 Å². The van der Waals surface area contributed by atoms with Crippen LogP contribution in [0.15, 0.2) is 77.2 Å². The predicted octanol–water partition coefficient (Wildman–Crippen LogP) is 6.04. The van der Waals surface area contributed by atoms with E-state index in [2.05, 4.69) is 15.5 Å². The van der Waals surface area contributed by atoms with Crippen LogP contribution in [0.25, 0.3) is 11.5 Å². The van der Waals surface area contributed by atoms with Gasteiger partial charge >= 0.3 is 0 Å². The molecule has 0 amide bonds. The molecule has 4 rings (SSSR count). The van der Waals surface area contributed by atoms with Gasteiger partial charge in [0.05, 0.1) is 0 Å². The van der Waals surface area contributed by atoms with Gasteiger partial charge in [-0.05, 0) is 54.4 Å². The van der Waals surface area contributed by atoms with E-state index >= 15 is 0 Å². The highest BCUT2D eigenvalue weighted by Crippen LogP contribution is 2.31. The molecule has 3 aromatic carbocycles. The van der Waals surface area contributed by atoms with Crippen molar-refractivity contribution in [1.29, 1.82) is 0 Å². The van der Waals surface area contributed by atoms with Crippen LogP contribution in [0, 0.1) is 12.7 Å². The molecule has 1 N–H and O–H groups in total. The van der Waals surface area contributed by atoms with Gasteiger partial charge in [-0.2, -0.15) is 0 Å². The molecule has 1 heterocycles. The number of anilines is 1. The van der Waals surface area contributed by atoms with Crippen LogP contribution >= 0.6 is 11.6 Å². The molecule has 0 saturated carbocycles. The first-order chi connectivity index (χ1) is 13.6. The average Bonchev–Trinajstić information content (AvgIpc) is 3.21. The summed E-state index contributed by atoms with van der Waals surface area (Å²) in [6.07, 6.45) is 0. The Kier molecular flexibility index (Phi) is 5.08. The first-order valence-corrected chi connectivity index (χ1v) is 9.15. The maximum atomic E-state index is 13.4. The molecule has 0 spiro atoms. The Morgan fingerprint density at radius 1 is 0.929 bits per heavy atom. The lowest BCUT2D eigenvalue weighted by Gasteiger charge is -2.19. The number of rotatable bonds is 5. The number of hydrogen-bond donors (Lipinski definition) is 1. The Morgan fingerprint density at radius 2 is 1.68 bits per heavy atom. The van der Waals surface area contributed by atoms with E-state index in [4.69, 9.17) is 16.0 Å². The number of nitrogens with one attached hydrogen (secondary N) is 1. The molecule has 0 fully saturated rings. The van der Waals surface area contributed by atoms with Crippen LogP contribution in [-0.4, -0.2) is 10.2 Å². The summed E-state index contributed by atoms with van der Waals surface area (Å²) < 4.78 is 19.4. The van der Waals surface area contributed by atoms with Gasteiger partial charge < -0.3 is 9.73 Å². The molecular formula is C22H17ClFN3O. The third kappa shape index (κ3) is 3.75. The topological polar surface area (TPSA) is 51.0 Å². The van der Waals surface area contributed by atoms with Crippen molar-refractivity contribution in [2.75, 3.05) is 5.32 Å². The van der Waals surface area contributed by atoms with Crippen LogP contribution in [0.1, 0.15) is 23.1 Å². The molecule has 1 aromatic heterocycles. The van der Waals surface area contributed by atoms with Crippen LogP contribution in [-0.2, 0) is 0 Å². The minimum atomic E-state index is -0.456. The van der Waals surface area contributed by atoms with Crippen LogP contribution in [0.2, 0.25) is 5.02 Å². The van der Waals surface area contributed by atoms with E-state index in [1.165, 1.54) is 12.1 Å². The van der Waals surface area contributed by atoms with Crippen molar-refractivity contribution in [3.63, 3.8) is 0 Å². The molecular weight excluding hydrogens is 377 g/mol. The molecule has 140 valence electrons. The van der Waals surface area contributed by atoms with Gasteiger partial charge in [0.2, 0.25) is 11.8 Å². The summed E-state index contributed by atoms with van der Waals surface area (Å²) in [7, 11) is 0. The van der Waals surface area contributed by atoms with E-state index in [1.54, 1.807) is 12.1 Å². The molecule has 4 nitrogen and oxygen atoms in total. The smallest absolute Gasteiger partial charge is 0.247 e. The highest BCUT2D eigenvalue weighted by atomic mass is 35.5. The van der Waals surface area contributed by atoms with Crippen LogP contribution in [0.4, 0.5) is 10.1 Å². The second-order valence-electron chi connectivity index (χ2n) is 6.35.